The van der Waals surface area contributed by atoms with Crippen LogP contribution in [0.2, 0.25) is 0 Å². The second-order valence-electron chi connectivity index (χ2n) is 13.8. The van der Waals surface area contributed by atoms with Gasteiger partial charge in [0, 0.05) is 23.8 Å². The van der Waals surface area contributed by atoms with E-state index in [4.69, 9.17) is 35.2 Å². The van der Waals surface area contributed by atoms with Crippen LogP contribution in [0.3, 0.4) is 0 Å². The Balaban J connectivity index is 1.60. The molecule has 254 valence electrons. The van der Waals surface area contributed by atoms with Gasteiger partial charge in [-0.1, -0.05) is 18.9 Å². The Morgan fingerprint density at radius 3 is 2.48 bits per heavy atom. The van der Waals surface area contributed by atoms with Crippen LogP contribution in [0.15, 0.2) is 23.0 Å². The fourth-order valence-electron chi connectivity index (χ4n) is 9.18. The number of hydrogen-bond acceptors (Lipinski definition) is 14. The maximum absolute atomic E-state index is 13.8. The fourth-order valence-corrected chi connectivity index (χ4v) is 9.18. The SMILES string of the molecule is COC(=O)[C@@]12OC[C@]34C([C@@H](O)[C@@H]1O)[C@@]1(C)CC(=O)C(OC(=O)[C@@H](N)CCCCN)=C(C)[C@@H]1C[C@H]3OC(=O)[C@H](OC(=O)C=C(C)C)[C@@H]24. The van der Waals surface area contributed by atoms with Crippen LogP contribution < -0.4 is 11.5 Å². The van der Waals surface area contributed by atoms with Gasteiger partial charge < -0.3 is 45.4 Å². The number of aliphatic hydroxyl groups is 2. The number of methoxy groups -OCH3 is 1. The van der Waals surface area contributed by atoms with Crippen LogP contribution in [-0.4, -0.2) is 96.2 Å². The van der Waals surface area contributed by atoms with Crippen LogP contribution in [0.5, 0.6) is 0 Å². The van der Waals surface area contributed by atoms with E-state index >= 15 is 0 Å². The van der Waals surface area contributed by atoms with Crippen molar-refractivity contribution in [2.75, 3.05) is 20.3 Å². The summed E-state index contributed by atoms with van der Waals surface area (Å²) >= 11 is 0. The molecule has 2 aliphatic heterocycles. The Morgan fingerprint density at radius 1 is 1.15 bits per heavy atom. The number of unbranched alkanes of at least 4 members (excludes halogenated alkanes) is 1. The van der Waals surface area contributed by atoms with Gasteiger partial charge in [0.25, 0.3) is 0 Å². The summed E-state index contributed by atoms with van der Waals surface area (Å²) in [6.07, 6.45) is -3.59. The van der Waals surface area contributed by atoms with Crippen LogP contribution in [0.4, 0.5) is 0 Å². The number of ketones is 1. The Bertz CT molecular complexity index is 1390. The highest BCUT2D eigenvalue weighted by Crippen LogP contribution is 2.72. The lowest BCUT2D eigenvalue weighted by atomic mass is 9.38. The third kappa shape index (κ3) is 4.83. The normalized spacial score (nSPS) is 39.8. The number of Topliss-reactive ketones (excluding diaryl/α,β-unsaturated/α-hetero) is 1. The summed E-state index contributed by atoms with van der Waals surface area (Å²) in [4.78, 5) is 66.7. The van der Waals surface area contributed by atoms with Crippen molar-refractivity contribution in [2.45, 2.75) is 95.9 Å². The zero-order chi connectivity index (χ0) is 33.9. The minimum atomic E-state index is -2.27. The minimum absolute atomic E-state index is 0.107. The average molecular weight is 649 g/mol. The smallest absolute Gasteiger partial charge is 0.348 e. The quantitative estimate of drug-likeness (QED) is 0.111. The lowest BCUT2D eigenvalue weighted by Crippen LogP contribution is -2.79. The van der Waals surface area contributed by atoms with Crippen molar-refractivity contribution in [3.63, 3.8) is 0 Å². The number of rotatable bonds is 9. The Kier molecular flexibility index (Phi) is 9.01. The topological polar surface area (TPSA) is 224 Å². The molecule has 1 unspecified atom stereocenters. The fraction of sp³-hybridized carbons (Fsp3) is 0.719. The maximum atomic E-state index is 13.8. The molecule has 0 aromatic heterocycles. The molecule has 2 saturated carbocycles. The minimum Gasteiger partial charge on any atom is -0.467 e. The summed E-state index contributed by atoms with van der Waals surface area (Å²) < 4.78 is 28.4. The maximum Gasteiger partial charge on any atom is 0.348 e. The van der Waals surface area contributed by atoms with E-state index in [1.54, 1.807) is 27.7 Å². The molecule has 0 radical (unpaired) electrons. The molecular formula is C32H44N2O12. The highest BCUT2D eigenvalue weighted by molar-refractivity contribution is 5.98. The highest BCUT2D eigenvalue weighted by Gasteiger charge is 2.85. The molecule has 2 bridgehead atoms. The summed E-state index contributed by atoms with van der Waals surface area (Å²) in [6.45, 7) is 6.93. The number of esters is 4. The van der Waals surface area contributed by atoms with Crippen molar-refractivity contribution < 1.29 is 57.9 Å². The number of carbonyl (C=O) groups is 5. The third-order valence-electron chi connectivity index (χ3n) is 10.9. The lowest BCUT2D eigenvalue weighted by Gasteiger charge is -2.67. The van der Waals surface area contributed by atoms with Crippen LogP contribution >= 0.6 is 0 Å². The van der Waals surface area contributed by atoms with E-state index in [1.807, 2.05) is 0 Å². The van der Waals surface area contributed by atoms with Gasteiger partial charge in [0.1, 0.15) is 18.2 Å². The first-order valence-corrected chi connectivity index (χ1v) is 15.7. The van der Waals surface area contributed by atoms with E-state index in [2.05, 4.69) is 0 Å². The van der Waals surface area contributed by atoms with E-state index in [-0.39, 0.29) is 25.2 Å². The number of aliphatic hydroxyl groups excluding tert-OH is 2. The molecule has 0 amide bonds. The highest BCUT2D eigenvalue weighted by atomic mass is 16.6. The standard InChI is InChI=1S/C32H44N2O12/c1-14(2)10-20(36)45-23-25-31-13-43-32(25,29(41)42-5)26(38)21(37)24(31)30(4)12-18(35)22(46-27(39)17(34)8-6-7-9-33)15(3)16(30)11-19(31)44-28(23)40/h10,16-17,19,21,23-26,37-38H,6-9,11-13,33-34H2,1-5H3/t16-,17-,19+,21+,23+,24?,25+,26-,30-,31+,32-/m0/s1. The van der Waals surface area contributed by atoms with E-state index in [9.17, 15) is 34.2 Å². The number of nitrogens with two attached hydrogens (primary N) is 2. The van der Waals surface area contributed by atoms with Gasteiger partial charge in [-0.15, -0.1) is 0 Å². The molecular weight excluding hydrogens is 604 g/mol. The van der Waals surface area contributed by atoms with Crippen molar-refractivity contribution in [1.29, 1.82) is 0 Å². The molecule has 5 aliphatic rings. The monoisotopic (exact) mass is 648 g/mol. The first-order chi connectivity index (χ1) is 21.6. The Morgan fingerprint density at radius 2 is 1.85 bits per heavy atom. The molecule has 1 spiro atoms. The number of hydrogen-bond donors (Lipinski definition) is 4. The largest absolute Gasteiger partial charge is 0.467 e. The van der Waals surface area contributed by atoms with E-state index in [0.29, 0.717) is 37.0 Å². The van der Waals surface area contributed by atoms with Gasteiger partial charge in [-0.05, 0) is 63.5 Å². The molecule has 2 heterocycles. The van der Waals surface area contributed by atoms with Crippen LogP contribution in [0.25, 0.3) is 0 Å². The molecule has 5 rings (SSSR count). The van der Waals surface area contributed by atoms with E-state index < -0.39 is 94.3 Å². The molecule has 14 heteroatoms. The second-order valence-corrected chi connectivity index (χ2v) is 13.8. The summed E-state index contributed by atoms with van der Waals surface area (Å²) in [5.74, 6) is -7.18. The van der Waals surface area contributed by atoms with Gasteiger partial charge in [0.05, 0.1) is 25.7 Å². The summed E-state index contributed by atoms with van der Waals surface area (Å²) in [5, 5.41) is 23.6. The predicted octanol–water partition coefficient (Wildman–Crippen LogP) is -0.0415. The zero-order valence-corrected chi connectivity index (χ0v) is 26.8. The van der Waals surface area contributed by atoms with Gasteiger partial charge in [-0.3, -0.25) is 4.79 Å². The molecule has 2 saturated heterocycles. The van der Waals surface area contributed by atoms with Crippen molar-refractivity contribution in [1.82, 2.24) is 0 Å². The Labute approximate surface area is 266 Å². The molecule has 0 aromatic carbocycles. The molecule has 6 N–H and O–H groups in total. The average Bonchev–Trinajstić information content (AvgIpc) is 3.29. The molecule has 11 atom stereocenters. The summed E-state index contributed by atoms with van der Waals surface area (Å²) in [6, 6.07) is -0.967. The van der Waals surface area contributed by atoms with Crippen LogP contribution in [-0.2, 0) is 47.7 Å². The zero-order valence-electron chi connectivity index (χ0n) is 26.8. The number of ether oxygens (including phenoxy) is 5. The second kappa shape index (κ2) is 12.1. The summed E-state index contributed by atoms with van der Waals surface area (Å²) in [5.41, 5.74) is 7.81. The van der Waals surface area contributed by atoms with Gasteiger partial charge in [0.2, 0.25) is 11.7 Å². The van der Waals surface area contributed by atoms with Crippen molar-refractivity contribution >= 4 is 29.7 Å². The Hall–Kier alpha value is -3.17. The summed E-state index contributed by atoms with van der Waals surface area (Å²) in [7, 11) is 1.08. The van der Waals surface area contributed by atoms with Gasteiger partial charge in [0.15, 0.2) is 11.5 Å². The number of fused-ring (bicyclic) bond motifs is 2. The van der Waals surface area contributed by atoms with Gasteiger partial charge in [-0.2, -0.15) is 0 Å². The molecule has 0 aromatic rings. The van der Waals surface area contributed by atoms with Crippen molar-refractivity contribution in [2.24, 2.45) is 40.1 Å². The van der Waals surface area contributed by atoms with Gasteiger partial charge >= 0.3 is 23.9 Å². The predicted molar refractivity (Wildman–Crippen MR) is 157 cm³/mol. The first kappa shape index (κ1) is 34.2. The van der Waals surface area contributed by atoms with E-state index in [1.165, 1.54) is 6.08 Å². The van der Waals surface area contributed by atoms with Crippen molar-refractivity contribution in [3.8, 4) is 0 Å². The van der Waals surface area contributed by atoms with Crippen LogP contribution in [0, 0.1) is 28.6 Å². The molecule has 3 aliphatic carbocycles. The molecule has 46 heavy (non-hydrogen) atoms. The molecule has 14 nitrogen and oxygen atoms in total. The first-order valence-electron chi connectivity index (χ1n) is 15.7. The molecule has 4 fully saturated rings. The number of carbonyl (C=O) groups excluding carboxylic acids is 5. The van der Waals surface area contributed by atoms with E-state index in [0.717, 1.165) is 7.11 Å². The third-order valence-corrected chi connectivity index (χ3v) is 10.9. The lowest BCUT2D eigenvalue weighted by molar-refractivity contribution is -0.290. The van der Waals surface area contributed by atoms with Gasteiger partial charge in [-0.25, -0.2) is 19.2 Å². The number of allylic oxidation sites excluding steroid dienone is 3. The van der Waals surface area contributed by atoms with Crippen molar-refractivity contribution in [3.05, 3.63) is 23.0 Å². The van der Waals surface area contributed by atoms with Crippen LogP contribution in [0.1, 0.15) is 59.8 Å².